The second kappa shape index (κ2) is 12.8. The molecule has 1 atom stereocenters. The Bertz CT molecular complexity index is 1700. The summed E-state index contributed by atoms with van der Waals surface area (Å²) in [6.07, 6.45) is -5.08. The number of carbonyl (C=O) groups is 4. The molecule has 0 bridgehead atoms. The Morgan fingerprint density at radius 2 is 1.00 bits per heavy atom. The Morgan fingerprint density at radius 1 is 0.591 bits per heavy atom. The minimum atomic E-state index is -5.08. The van der Waals surface area contributed by atoms with E-state index in [1.165, 1.54) is 0 Å². The fourth-order valence-corrected chi connectivity index (χ4v) is 4.52. The molecule has 0 amide bonds. The standard InChI is InChI=1S/C33H25F3O8/c1-32(33(34,35)36,22-13-15-25(26(16-22)29(39)40)30(41)43-18-20-8-4-2-5-9-20)23-12-14-24(28(37)38)27(17-23)31(42)44-19-21-10-6-3-7-11-21/h2-17H,18-19H2,1H3,(H,37,38)(H,39,40). The Kier molecular flexibility index (Phi) is 9.17. The van der Waals surface area contributed by atoms with Crippen LogP contribution in [0.1, 0.15) is 70.6 Å². The van der Waals surface area contributed by atoms with Gasteiger partial charge in [0, 0.05) is 0 Å². The first kappa shape index (κ1) is 31.5. The van der Waals surface area contributed by atoms with Gasteiger partial charge < -0.3 is 19.7 Å². The number of alkyl halides is 3. The summed E-state index contributed by atoms with van der Waals surface area (Å²) in [5.74, 6) is -5.46. The maximum absolute atomic E-state index is 14.9. The zero-order valence-electron chi connectivity index (χ0n) is 23.1. The lowest BCUT2D eigenvalue weighted by atomic mass is 9.74. The number of halogens is 3. The molecule has 0 spiro atoms. The van der Waals surface area contributed by atoms with Crippen LogP contribution >= 0.6 is 0 Å². The fraction of sp³-hybridized carbons (Fsp3) is 0.152. The third-order valence-corrected chi connectivity index (χ3v) is 7.09. The van der Waals surface area contributed by atoms with Crippen molar-refractivity contribution in [3.05, 3.63) is 142 Å². The second-order valence-corrected chi connectivity index (χ2v) is 9.88. The molecule has 0 saturated heterocycles. The van der Waals surface area contributed by atoms with Crippen LogP contribution in [-0.4, -0.2) is 40.3 Å². The summed E-state index contributed by atoms with van der Waals surface area (Å²) in [5.41, 5.74) is -5.31. The molecule has 4 aromatic rings. The number of rotatable bonds is 10. The monoisotopic (exact) mass is 606 g/mol. The molecule has 1 unspecified atom stereocenters. The van der Waals surface area contributed by atoms with E-state index < -0.39 is 68.8 Å². The number of benzene rings is 4. The summed E-state index contributed by atoms with van der Waals surface area (Å²) >= 11 is 0. The van der Waals surface area contributed by atoms with Gasteiger partial charge in [-0.05, 0) is 53.4 Å². The van der Waals surface area contributed by atoms with Gasteiger partial charge in [0.25, 0.3) is 0 Å². The number of hydrogen-bond acceptors (Lipinski definition) is 6. The van der Waals surface area contributed by atoms with Gasteiger partial charge in [-0.25, -0.2) is 19.2 Å². The van der Waals surface area contributed by atoms with Crippen LogP contribution in [0.5, 0.6) is 0 Å². The van der Waals surface area contributed by atoms with Gasteiger partial charge in [-0.3, -0.25) is 0 Å². The van der Waals surface area contributed by atoms with E-state index in [0.717, 1.165) is 37.3 Å². The van der Waals surface area contributed by atoms with Crippen LogP contribution in [0.15, 0.2) is 97.1 Å². The van der Waals surface area contributed by atoms with Crippen LogP contribution in [0.2, 0.25) is 0 Å². The Morgan fingerprint density at radius 3 is 1.43 bits per heavy atom. The zero-order valence-corrected chi connectivity index (χ0v) is 23.1. The molecular weight excluding hydrogens is 581 g/mol. The van der Waals surface area contributed by atoms with E-state index in [-0.39, 0.29) is 13.2 Å². The molecular formula is C33H25F3O8. The highest BCUT2D eigenvalue weighted by Gasteiger charge is 2.54. The molecule has 226 valence electrons. The van der Waals surface area contributed by atoms with Crippen LogP contribution in [0.4, 0.5) is 13.2 Å². The smallest absolute Gasteiger partial charge is 0.402 e. The highest BCUT2D eigenvalue weighted by atomic mass is 19.4. The van der Waals surface area contributed by atoms with Crippen LogP contribution in [-0.2, 0) is 28.1 Å². The third-order valence-electron chi connectivity index (χ3n) is 7.09. The van der Waals surface area contributed by atoms with Gasteiger partial charge in [0.2, 0.25) is 0 Å². The van der Waals surface area contributed by atoms with Crippen molar-refractivity contribution in [1.29, 1.82) is 0 Å². The summed E-state index contributed by atoms with van der Waals surface area (Å²) in [4.78, 5) is 49.6. The van der Waals surface area contributed by atoms with Gasteiger partial charge in [0.1, 0.15) is 18.6 Å². The Hall–Kier alpha value is -5.45. The number of aromatic carboxylic acids is 2. The number of carbonyl (C=O) groups excluding carboxylic acids is 2. The highest BCUT2D eigenvalue weighted by molar-refractivity contribution is 6.03. The van der Waals surface area contributed by atoms with Crippen molar-refractivity contribution >= 4 is 23.9 Å². The average molecular weight is 607 g/mol. The van der Waals surface area contributed by atoms with E-state index in [0.29, 0.717) is 17.2 Å². The molecule has 0 aliphatic heterocycles. The van der Waals surface area contributed by atoms with Crippen LogP contribution < -0.4 is 0 Å². The largest absolute Gasteiger partial charge is 0.478 e. The second-order valence-electron chi connectivity index (χ2n) is 9.88. The quantitative estimate of drug-likeness (QED) is 0.192. The molecule has 8 nitrogen and oxygen atoms in total. The molecule has 2 N–H and O–H groups in total. The zero-order chi connectivity index (χ0) is 32.1. The van der Waals surface area contributed by atoms with E-state index in [4.69, 9.17) is 9.47 Å². The molecule has 0 aliphatic carbocycles. The minimum absolute atomic E-state index is 0.195. The summed E-state index contributed by atoms with van der Waals surface area (Å²) in [7, 11) is 0. The maximum Gasteiger partial charge on any atom is 0.402 e. The number of hydrogen-bond donors (Lipinski definition) is 2. The van der Waals surface area contributed by atoms with Crippen molar-refractivity contribution in [2.24, 2.45) is 0 Å². The summed E-state index contributed by atoms with van der Waals surface area (Å²) in [6, 6.07) is 22.0. The van der Waals surface area contributed by atoms with E-state index in [1.807, 2.05) is 0 Å². The lowest BCUT2D eigenvalue weighted by Gasteiger charge is -2.34. The molecule has 4 rings (SSSR count). The molecule has 44 heavy (non-hydrogen) atoms. The van der Waals surface area contributed by atoms with E-state index in [9.17, 15) is 42.6 Å². The van der Waals surface area contributed by atoms with Crippen molar-refractivity contribution in [2.45, 2.75) is 31.7 Å². The van der Waals surface area contributed by atoms with Gasteiger partial charge in [0.05, 0.1) is 22.3 Å². The first-order chi connectivity index (χ1) is 20.8. The SMILES string of the molecule is CC(c1ccc(C(=O)OCc2ccccc2)c(C(=O)O)c1)(c1ccc(C(=O)O)c(C(=O)OCc2ccccc2)c1)C(F)(F)F. The third kappa shape index (κ3) is 6.62. The fourth-order valence-electron chi connectivity index (χ4n) is 4.52. The first-order valence-corrected chi connectivity index (χ1v) is 13.1. The summed E-state index contributed by atoms with van der Waals surface area (Å²) in [6.45, 7) is 0.305. The maximum atomic E-state index is 14.9. The van der Waals surface area contributed by atoms with Crippen LogP contribution in [0.3, 0.4) is 0 Å². The summed E-state index contributed by atoms with van der Waals surface area (Å²) in [5, 5.41) is 19.4. The molecule has 0 saturated carbocycles. The predicted octanol–water partition coefficient (Wildman–Crippen LogP) is 6.67. The van der Waals surface area contributed by atoms with Crippen molar-refractivity contribution in [2.75, 3.05) is 0 Å². The molecule has 0 aromatic heterocycles. The van der Waals surface area contributed by atoms with E-state index >= 15 is 0 Å². The molecule has 0 radical (unpaired) electrons. The van der Waals surface area contributed by atoms with Crippen LogP contribution in [0, 0.1) is 0 Å². The van der Waals surface area contributed by atoms with Gasteiger partial charge >= 0.3 is 30.1 Å². The number of carboxylic acids is 2. The van der Waals surface area contributed by atoms with Crippen molar-refractivity contribution in [1.82, 2.24) is 0 Å². The highest BCUT2D eigenvalue weighted by Crippen LogP contribution is 2.47. The number of carboxylic acid groups (broad SMARTS) is 2. The van der Waals surface area contributed by atoms with Gasteiger partial charge in [-0.1, -0.05) is 72.8 Å². The lowest BCUT2D eigenvalue weighted by molar-refractivity contribution is -0.173. The molecule has 0 aliphatic rings. The van der Waals surface area contributed by atoms with E-state index in [2.05, 4.69) is 0 Å². The predicted molar refractivity (Wildman–Crippen MR) is 150 cm³/mol. The number of ether oxygens (including phenoxy) is 2. The average Bonchev–Trinajstić information content (AvgIpc) is 3.01. The molecule has 11 heteroatoms. The van der Waals surface area contributed by atoms with Gasteiger partial charge in [-0.15, -0.1) is 0 Å². The lowest BCUT2D eigenvalue weighted by Crippen LogP contribution is -2.41. The molecule has 0 heterocycles. The van der Waals surface area contributed by atoms with Crippen molar-refractivity contribution in [3.8, 4) is 0 Å². The van der Waals surface area contributed by atoms with Crippen molar-refractivity contribution < 1.29 is 52.0 Å². The van der Waals surface area contributed by atoms with Gasteiger partial charge in [-0.2, -0.15) is 13.2 Å². The first-order valence-electron chi connectivity index (χ1n) is 13.1. The normalized spacial score (nSPS) is 12.5. The Balaban J connectivity index is 1.74. The molecule has 4 aromatic carbocycles. The molecule has 0 fully saturated rings. The van der Waals surface area contributed by atoms with E-state index in [1.54, 1.807) is 60.7 Å². The van der Waals surface area contributed by atoms with Crippen LogP contribution in [0.25, 0.3) is 0 Å². The minimum Gasteiger partial charge on any atom is -0.478 e. The van der Waals surface area contributed by atoms with Gasteiger partial charge in [0.15, 0.2) is 0 Å². The Labute approximate surface area is 249 Å². The topological polar surface area (TPSA) is 127 Å². The summed E-state index contributed by atoms with van der Waals surface area (Å²) < 4.78 is 55.0. The van der Waals surface area contributed by atoms with Crippen molar-refractivity contribution in [3.63, 3.8) is 0 Å². The number of esters is 2.